The minimum absolute atomic E-state index is 0. The molecule has 0 saturated heterocycles. The van der Waals surface area contributed by atoms with E-state index in [0.29, 0.717) is 18.7 Å². The van der Waals surface area contributed by atoms with Crippen LogP contribution in [0.5, 0.6) is 0 Å². The fourth-order valence-electron chi connectivity index (χ4n) is 3.18. The minimum atomic E-state index is -0.0824. The summed E-state index contributed by atoms with van der Waals surface area (Å²) in [5.74, 6) is 0.859. The molecule has 0 saturated carbocycles. The first-order chi connectivity index (χ1) is 13.5. The number of anilines is 1. The summed E-state index contributed by atoms with van der Waals surface area (Å²) >= 11 is 0. The normalized spacial score (nSPS) is 11.2. The number of pyridine rings is 2. The van der Waals surface area contributed by atoms with Crippen molar-refractivity contribution in [3.8, 4) is 0 Å². The van der Waals surface area contributed by atoms with Gasteiger partial charge in [-0.15, -0.1) is 24.8 Å². The lowest BCUT2D eigenvalue weighted by Crippen LogP contribution is -2.19. The molecule has 0 aromatic carbocycles. The molecule has 3 aromatic rings. The topological polar surface area (TPSA) is 115 Å². The number of amides is 1. The third-order valence-corrected chi connectivity index (χ3v) is 4.59. The van der Waals surface area contributed by atoms with E-state index in [1.165, 1.54) is 29.5 Å². The van der Waals surface area contributed by atoms with Crippen LogP contribution in [0.4, 0.5) is 5.82 Å². The summed E-state index contributed by atoms with van der Waals surface area (Å²) in [6, 6.07) is 5.66. The van der Waals surface area contributed by atoms with Gasteiger partial charge in [0.1, 0.15) is 11.5 Å². The van der Waals surface area contributed by atoms with Crippen molar-refractivity contribution in [2.45, 2.75) is 33.4 Å². The van der Waals surface area contributed by atoms with Gasteiger partial charge >= 0.3 is 0 Å². The maximum absolute atomic E-state index is 11.4. The van der Waals surface area contributed by atoms with Crippen molar-refractivity contribution in [3.63, 3.8) is 0 Å². The van der Waals surface area contributed by atoms with Gasteiger partial charge in [0.2, 0.25) is 11.8 Å². The average Bonchev–Trinajstić information content (AvgIpc) is 3.33. The molecule has 1 aliphatic heterocycles. The number of nitrogens with one attached hydrogen (secondary N) is 2. The molecule has 162 valence electrons. The molecule has 0 aliphatic carbocycles. The smallest absolute Gasteiger partial charge is 0.229 e. The molecule has 30 heavy (non-hydrogen) atoms. The molecule has 8 nitrogen and oxygen atoms in total. The molecular formula is C20H26Cl2N6O2. The third-order valence-electron chi connectivity index (χ3n) is 4.59. The van der Waals surface area contributed by atoms with E-state index in [1.54, 1.807) is 18.6 Å². The van der Waals surface area contributed by atoms with Crippen LogP contribution < -0.4 is 16.4 Å². The van der Waals surface area contributed by atoms with Crippen LogP contribution in [0.1, 0.15) is 35.3 Å². The Morgan fingerprint density at radius 3 is 2.50 bits per heavy atom. The predicted molar refractivity (Wildman–Crippen MR) is 122 cm³/mol. The Hall–Kier alpha value is -2.68. The number of rotatable bonds is 3. The van der Waals surface area contributed by atoms with Gasteiger partial charge in [-0.25, -0.2) is 9.97 Å². The summed E-state index contributed by atoms with van der Waals surface area (Å²) in [7, 11) is 0. The van der Waals surface area contributed by atoms with Crippen LogP contribution in [0.3, 0.4) is 0 Å². The van der Waals surface area contributed by atoms with Gasteiger partial charge in [-0.3, -0.25) is 14.2 Å². The summed E-state index contributed by atoms with van der Waals surface area (Å²) in [4.78, 5) is 30.6. The van der Waals surface area contributed by atoms with E-state index in [2.05, 4.69) is 20.6 Å². The minimum Gasteiger partial charge on any atom is -0.370 e. The number of hydrogen-bond acceptors (Lipinski definition) is 6. The molecule has 4 N–H and O–H groups in total. The van der Waals surface area contributed by atoms with E-state index >= 15 is 0 Å². The number of nitrogens with zero attached hydrogens (tertiary/aromatic N) is 3. The van der Waals surface area contributed by atoms with Crippen LogP contribution in [0.15, 0.2) is 36.8 Å². The van der Waals surface area contributed by atoms with Gasteiger partial charge in [-0.1, -0.05) is 0 Å². The molecule has 10 heteroatoms. The number of halogens is 2. The molecule has 0 bridgehead atoms. The third kappa shape index (κ3) is 5.69. The molecule has 3 aromatic heterocycles. The first kappa shape index (κ1) is 25.4. The standard InChI is InChI=1S/C12H13N3O2.C8H11N3.2ClH/c1-8(16)14-7-10-3-5-13-12-11(10)4-6-15(12)9(2)17;9-5-6-1-3-10-8-7(6)2-4-11-8;;/h3-6H,7H2,1-2H3,(H,14,16);1,3H,2,4-5,9H2,(H,10,11);2*1H. The number of nitrogens with two attached hydrogens (primary N) is 1. The van der Waals surface area contributed by atoms with Gasteiger partial charge in [0.05, 0.1) is 0 Å². The first-order valence-electron chi connectivity index (χ1n) is 9.12. The number of carbonyl (C=O) groups is 2. The number of aromatic nitrogens is 3. The molecular weight excluding hydrogens is 427 g/mol. The van der Waals surface area contributed by atoms with Crippen LogP contribution in [0.2, 0.25) is 0 Å². The zero-order chi connectivity index (χ0) is 20.1. The van der Waals surface area contributed by atoms with Gasteiger partial charge in [-0.2, -0.15) is 0 Å². The number of fused-ring (bicyclic) bond motifs is 2. The highest BCUT2D eigenvalue weighted by Gasteiger charge is 2.13. The highest BCUT2D eigenvalue weighted by molar-refractivity contribution is 5.90. The Morgan fingerprint density at radius 2 is 1.83 bits per heavy atom. The van der Waals surface area contributed by atoms with E-state index in [9.17, 15) is 9.59 Å². The fraction of sp³-hybridized carbons (Fsp3) is 0.300. The quantitative estimate of drug-likeness (QED) is 0.562. The second-order valence-electron chi connectivity index (χ2n) is 6.50. The lowest BCUT2D eigenvalue weighted by molar-refractivity contribution is -0.119. The monoisotopic (exact) mass is 452 g/mol. The van der Waals surface area contributed by atoms with E-state index in [4.69, 9.17) is 5.73 Å². The van der Waals surface area contributed by atoms with Crippen molar-refractivity contribution < 1.29 is 9.59 Å². The first-order valence-corrected chi connectivity index (χ1v) is 9.12. The largest absolute Gasteiger partial charge is 0.370 e. The SMILES string of the molecule is CC(=O)NCc1ccnc2c1ccn2C(C)=O.Cl.Cl.NCc1ccnc2c1CCN2. The number of carbonyl (C=O) groups excluding carboxylic acids is 2. The van der Waals surface area contributed by atoms with Crippen LogP contribution in [-0.2, 0) is 24.3 Å². The zero-order valence-corrected chi connectivity index (χ0v) is 18.5. The van der Waals surface area contributed by atoms with Gasteiger partial charge in [-0.05, 0) is 35.7 Å². The van der Waals surface area contributed by atoms with Crippen molar-refractivity contribution in [3.05, 3.63) is 53.5 Å². The summed E-state index contributed by atoms with van der Waals surface area (Å²) in [6.45, 7) is 5.02. The van der Waals surface area contributed by atoms with Gasteiger partial charge in [0, 0.05) is 63.0 Å². The summed E-state index contributed by atoms with van der Waals surface area (Å²) in [5, 5.41) is 6.83. The van der Waals surface area contributed by atoms with Crippen molar-refractivity contribution in [2.24, 2.45) is 5.73 Å². The lowest BCUT2D eigenvalue weighted by Gasteiger charge is -2.04. The van der Waals surface area contributed by atoms with E-state index in [0.717, 1.165) is 29.7 Å². The molecule has 0 spiro atoms. The second kappa shape index (κ2) is 11.5. The Morgan fingerprint density at radius 1 is 1.13 bits per heavy atom. The molecule has 0 unspecified atom stereocenters. The van der Waals surface area contributed by atoms with Crippen LogP contribution in [0, 0.1) is 0 Å². The van der Waals surface area contributed by atoms with Crippen molar-refractivity contribution >= 4 is 53.5 Å². The zero-order valence-electron chi connectivity index (χ0n) is 16.8. The highest BCUT2D eigenvalue weighted by atomic mass is 35.5. The van der Waals surface area contributed by atoms with Crippen molar-refractivity contribution in [1.29, 1.82) is 0 Å². The molecule has 1 aliphatic rings. The van der Waals surface area contributed by atoms with Gasteiger partial charge < -0.3 is 16.4 Å². The second-order valence-corrected chi connectivity index (χ2v) is 6.50. The summed E-state index contributed by atoms with van der Waals surface area (Å²) < 4.78 is 1.49. The number of hydrogen-bond donors (Lipinski definition) is 3. The van der Waals surface area contributed by atoms with E-state index in [1.807, 2.05) is 18.2 Å². The van der Waals surface area contributed by atoms with E-state index in [-0.39, 0.29) is 36.6 Å². The van der Waals surface area contributed by atoms with Crippen LogP contribution in [-0.4, -0.2) is 32.9 Å². The van der Waals surface area contributed by atoms with Gasteiger partial charge in [0.15, 0.2) is 0 Å². The van der Waals surface area contributed by atoms with Crippen LogP contribution in [0.25, 0.3) is 11.0 Å². The maximum Gasteiger partial charge on any atom is 0.229 e. The summed E-state index contributed by atoms with van der Waals surface area (Å²) in [6.07, 6.45) is 6.20. The molecule has 0 fully saturated rings. The van der Waals surface area contributed by atoms with E-state index < -0.39 is 0 Å². The Balaban J connectivity index is 0.000000302. The molecule has 4 rings (SSSR count). The van der Waals surface area contributed by atoms with Gasteiger partial charge in [0.25, 0.3) is 0 Å². The Labute approximate surface area is 187 Å². The lowest BCUT2D eigenvalue weighted by atomic mass is 10.1. The maximum atomic E-state index is 11.4. The molecule has 0 atom stereocenters. The average molecular weight is 453 g/mol. The van der Waals surface area contributed by atoms with Crippen molar-refractivity contribution in [1.82, 2.24) is 19.9 Å². The molecule has 0 radical (unpaired) electrons. The Kier molecular flexibility index (Phi) is 9.71. The van der Waals surface area contributed by atoms with Crippen molar-refractivity contribution in [2.75, 3.05) is 11.9 Å². The highest BCUT2D eigenvalue weighted by Crippen LogP contribution is 2.22. The fourth-order valence-corrected chi connectivity index (χ4v) is 3.18. The predicted octanol–water partition coefficient (Wildman–Crippen LogP) is 2.68. The molecule has 4 heterocycles. The van der Waals surface area contributed by atoms with Crippen LogP contribution >= 0.6 is 24.8 Å². The Bertz CT molecular complexity index is 1020. The summed E-state index contributed by atoms with van der Waals surface area (Å²) in [5.41, 5.74) is 9.67. The molecule has 1 amide bonds.